The average Bonchev–Trinajstić information content (AvgIpc) is 2.48. The minimum Gasteiger partial charge on any atom is -0.496 e. The maximum Gasteiger partial charge on any atom is 0.145 e. The van der Waals surface area contributed by atoms with Gasteiger partial charge in [0, 0.05) is 18.8 Å². The molecule has 0 spiro atoms. The lowest BCUT2D eigenvalue weighted by Gasteiger charge is -2.22. The van der Waals surface area contributed by atoms with E-state index in [9.17, 15) is 0 Å². The molecule has 0 bridgehead atoms. The Bertz CT molecular complexity index is 676. The first kappa shape index (κ1) is 13.8. The van der Waals surface area contributed by atoms with Crippen molar-refractivity contribution < 1.29 is 4.74 Å². The van der Waals surface area contributed by atoms with Gasteiger partial charge in [-0.05, 0) is 37.1 Å². The first-order valence-corrected chi connectivity index (χ1v) is 6.18. The molecular formula is C15H16N4O. The molecule has 20 heavy (non-hydrogen) atoms. The van der Waals surface area contributed by atoms with Crippen LogP contribution in [0.5, 0.6) is 5.75 Å². The molecule has 5 nitrogen and oxygen atoms in total. The van der Waals surface area contributed by atoms with Crippen molar-refractivity contribution in [2.75, 3.05) is 19.1 Å². The van der Waals surface area contributed by atoms with Crippen molar-refractivity contribution in [3.8, 4) is 11.8 Å². The lowest BCUT2D eigenvalue weighted by atomic mass is 10.1. The zero-order chi connectivity index (χ0) is 14.7. The molecule has 0 N–H and O–H groups in total. The molecule has 0 radical (unpaired) electrons. The number of ether oxygens (including phenoxy) is 1. The first-order valence-electron chi connectivity index (χ1n) is 6.18. The van der Waals surface area contributed by atoms with Crippen LogP contribution in [0.1, 0.15) is 16.8 Å². The van der Waals surface area contributed by atoms with E-state index in [1.165, 1.54) is 6.33 Å². The number of aryl methyl sites for hydroxylation is 2. The second-order valence-electron chi connectivity index (χ2n) is 4.54. The fourth-order valence-corrected chi connectivity index (χ4v) is 2.07. The minimum atomic E-state index is 0.352. The second kappa shape index (κ2) is 5.57. The summed E-state index contributed by atoms with van der Waals surface area (Å²) in [5.74, 6) is 1.55. The van der Waals surface area contributed by atoms with E-state index in [4.69, 9.17) is 10.00 Å². The van der Waals surface area contributed by atoms with Crippen LogP contribution >= 0.6 is 0 Å². The lowest BCUT2D eigenvalue weighted by molar-refractivity contribution is 0.411. The van der Waals surface area contributed by atoms with Gasteiger partial charge in [0.05, 0.1) is 7.11 Å². The third-order valence-electron chi connectivity index (χ3n) is 3.19. The largest absolute Gasteiger partial charge is 0.496 e. The highest BCUT2D eigenvalue weighted by Gasteiger charge is 2.12. The third-order valence-corrected chi connectivity index (χ3v) is 3.19. The van der Waals surface area contributed by atoms with Crippen molar-refractivity contribution in [3.05, 3.63) is 41.3 Å². The Kier molecular flexibility index (Phi) is 3.85. The molecule has 1 heterocycles. The van der Waals surface area contributed by atoms with E-state index >= 15 is 0 Å². The lowest BCUT2D eigenvalue weighted by Crippen LogP contribution is -2.13. The highest BCUT2D eigenvalue weighted by atomic mass is 16.5. The molecule has 0 amide bonds. The Labute approximate surface area is 118 Å². The van der Waals surface area contributed by atoms with E-state index in [0.29, 0.717) is 11.5 Å². The predicted molar refractivity (Wildman–Crippen MR) is 77.3 cm³/mol. The predicted octanol–water partition coefficient (Wildman–Crippen LogP) is 2.74. The smallest absolute Gasteiger partial charge is 0.145 e. The summed E-state index contributed by atoms with van der Waals surface area (Å²) < 4.78 is 5.32. The van der Waals surface area contributed by atoms with Gasteiger partial charge in [-0.25, -0.2) is 9.97 Å². The van der Waals surface area contributed by atoms with Gasteiger partial charge in [0.1, 0.15) is 29.7 Å². The number of aromatic nitrogens is 2. The molecule has 1 aromatic heterocycles. The Hall–Kier alpha value is -2.61. The number of benzene rings is 1. The van der Waals surface area contributed by atoms with E-state index in [2.05, 4.69) is 9.97 Å². The van der Waals surface area contributed by atoms with Crippen LogP contribution in [0.15, 0.2) is 24.5 Å². The molecule has 1 aromatic carbocycles. The number of nitrogens with zero attached hydrogens (tertiary/aromatic N) is 4. The van der Waals surface area contributed by atoms with Crippen LogP contribution in [0.2, 0.25) is 0 Å². The van der Waals surface area contributed by atoms with Gasteiger partial charge in [-0.15, -0.1) is 0 Å². The van der Waals surface area contributed by atoms with Gasteiger partial charge in [-0.3, -0.25) is 0 Å². The van der Waals surface area contributed by atoms with Crippen molar-refractivity contribution in [2.45, 2.75) is 13.8 Å². The van der Waals surface area contributed by atoms with Crippen molar-refractivity contribution in [2.24, 2.45) is 0 Å². The minimum absolute atomic E-state index is 0.352. The molecule has 0 fully saturated rings. The number of methoxy groups -OCH3 is 1. The number of nitriles is 1. The topological polar surface area (TPSA) is 62.0 Å². The summed E-state index contributed by atoms with van der Waals surface area (Å²) in [6.07, 6.45) is 1.40. The maximum atomic E-state index is 8.91. The Morgan fingerprint density at radius 3 is 2.55 bits per heavy atom. The van der Waals surface area contributed by atoms with E-state index in [-0.39, 0.29) is 0 Å². The van der Waals surface area contributed by atoms with Crippen LogP contribution in [0.3, 0.4) is 0 Å². The van der Waals surface area contributed by atoms with Gasteiger partial charge in [0.25, 0.3) is 0 Å². The van der Waals surface area contributed by atoms with E-state index < -0.39 is 0 Å². The van der Waals surface area contributed by atoms with Gasteiger partial charge in [0.2, 0.25) is 0 Å². The third kappa shape index (κ3) is 2.54. The summed E-state index contributed by atoms with van der Waals surface area (Å²) >= 11 is 0. The SMILES string of the molecule is COc1cc(C)c(N(C)c2cc(C#N)ncn2)cc1C. The molecule has 102 valence electrons. The zero-order valence-electron chi connectivity index (χ0n) is 12.0. The molecule has 2 aromatic rings. The van der Waals surface area contributed by atoms with Crippen molar-refractivity contribution in [3.63, 3.8) is 0 Å². The summed E-state index contributed by atoms with van der Waals surface area (Å²) in [7, 11) is 3.58. The standard InChI is InChI=1S/C15H16N4O/c1-10-6-14(20-4)11(2)5-13(10)19(3)15-7-12(8-16)17-9-18-15/h5-7,9H,1-4H3. The van der Waals surface area contributed by atoms with Crippen LogP contribution in [-0.2, 0) is 0 Å². The molecule has 0 unspecified atom stereocenters. The van der Waals surface area contributed by atoms with Crippen LogP contribution in [-0.4, -0.2) is 24.1 Å². The van der Waals surface area contributed by atoms with Crippen molar-refractivity contribution in [1.29, 1.82) is 5.26 Å². The molecule has 0 saturated heterocycles. The van der Waals surface area contributed by atoms with Crippen LogP contribution in [0.25, 0.3) is 0 Å². The number of hydrogen-bond acceptors (Lipinski definition) is 5. The second-order valence-corrected chi connectivity index (χ2v) is 4.54. The molecule has 0 aliphatic heterocycles. The fourth-order valence-electron chi connectivity index (χ4n) is 2.07. The average molecular weight is 268 g/mol. The van der Waals surface area contributed by atoms with Gasteiger partial charge >= 0.3 is 0 Å². The normalized spacial score (nSPS) is 9.95. The quantitative estimate of drug-likeness (QED) is 0.856. The van der Waals surface area contributed by atoms with E-state index in [1.807, 2.05) is 44.0 Å². The summed E-state index contributed by atoms with van der Waals surface area (Å²) in [5.41, 5.74) is 3.50. The molecule has 0 aliphatic rings. The van der Waals surface area contributed by atoms with Crippen LogP contribution < -0.4 is 9.64 Å². The van der Waals surface area contributed by atoms with Crippen molar-refractivity contribution >= 4 is 11.5 Å². The summed E-state index contributed by atoms with van der Waals surface area (Å²) in [6.45, 7) is 4.01. The number of anilines is 2. The fraction of sp³-hybridized carbons (Fsp3) is 0.267. The van der Waals surface area contributed by atoms with Gasteiger partial charge < -0.3 is 9.64 Å². The Morgan fingerprint density at radius 1 is 1.15 bits per heavy atom. The Morgan fingerprint density at radius 2 is 1.90 bits per heavy atom. The summed E-state index contributed by atoms with van der Waals surface area (Å²) in [4.78, 5) is 10.0. The molecule has 2 rings (SSSR count). The highest BCUT2D eigenvalue weighted by Crippen LogP contribution is 2.31. The van der Waals surface area contributed by atoms with Crippen LogP contribution in [0.4, 0.5) is 11.5 Å². The molecule has 0 saturated carbocycles. The zero-order valence-corrected chi connectivity index (χ0v) is 12.0. The summed E-state index contributed by atoms with van der Waals surface area (Å²) in [5, 5.41) is 8.91. The van der Waals surface area contributed by atoms with Gasteiger partial charge in [0.15, 0.2) is 0 Å². The summed E-state index contributed by atoms with van der Waals surface area (Å²) in [6, 6.07) is 7.72. The van der Waals surface area contributed by atoms with Crippen molar-refractivity contribution in [1.82, 2.24) is 9.97 Å². The van der Waals surface area contributed by atoms with Gasteiger partial charge in [-0.1, -0.05) is 0 Å². The number of rotatable bonds is 3. The number of hydrogen-bond donors (Lipinski definition) is 0. The first-order chi connectivity index (χ1) is 9.56. The molecule has 0 atom stereocenters. The van der Waals surface area contributed by atoms with E-state index in [1.54, 1.807) is 13.2 Å². The monoisotopic (exact) mass is 268 g/mol. The van der Waals surface area contributed by atoms with E-state index in [0.717, 1.165) is 22.6 Å². The molecule has 0 aliphatic carbocycles. The van der Waals surface area contributed by atoms with Gasteiger partial charge in [-0.2, -0.15) is 5.26 Å². The molecular weight excluding hydrogens is 252 g/mol. The van der Waals surface area contributed by atoms with Crippen LogP contribution in [0, 0.1) is 25.2 Å². The molecule has 5 heteroatoms. The maximum absolute atomic E-state index is 8.91. The Balaban J connectivity index is 2.45. The highest BCUT2D eigenvalue weighted by molar-refractivity contribution is 5.66.